The molecular formula is C10H10BrN5O2. The fourth-order valence-electron chi connectivity index (χ4n) is 1.44. The van der Waals surface area contributed by atoms with Crippen LogP contribution in [0.3, 0.4) is 0 Å². The van der Waals surface area contributed by atoms with Gasteiger partial charge in [0.15, 0.2) is 0 Å². The highest BCUT2D eigenvalue weighted by Gasteiger charge is 2.14. The number of nitro benzene ring substituents is 1. The Morgan fingerprint density at radius 1 is 1.61 bits per heavy atom. The van der Waals surface area contributed by atoms with Gasteiger partial charge in [0.2, 0.25) is 5.96 Å². The van der Waals surface area contributed by atoms with Crippen molar-refractivity contribution in [2.45, 2.75) is 0 Å². The minimum Gasteiger partial charge on any atom is -0.353 e. The number of guanidine groups is 1. The third-order valence-electron chi connectivity index (χ3n) is 2.26. The third-order valence-corrected chi connectivity index (χ3v) is 2.96. The van der Waals surface area contributed by atoms with E-state index in [9.17, 15) is 10.1 Å². The zero-order valence-corrected chi connectivity index (χ0v) is 10.8. The summed E-state index contributed by atoms with van der Waals surface area (Å²) in [5, 5.41) is 17.8. The van der Waals surface area contributed by atoms with E-state index >= 15 is 0 Å². The summed E-state index contributed by atoms with van der Waals surface area (Å²) in [4.78, 5) is 14.5. The molecule has 0 spiro atoms. The predicted molar refractivity (Wildman–Crippen MR) is 71.8 cm³/mol. The second-order valence-electron chi connectivity index (χ2n) is 3.46. The first-order chi connectivity index (χ1) is 8.68. The Labute approximate surface area is 111 Å². The van der Waals surface area contributed by atoms with Gasteiger partial charge < -0.3 is 5.32 Å². The second kappa shape index (κ2) is 5.58. The average molecular weight is 312 g/mol. The normalized spacial score (nSPS) is 14.4. The van der Waals surface area contributed by atoms with Crippen molar-refractivity contribution < 1.29 is 4.92 Å². The Kier molecular flexibility index (Phi) is 3.88. The Bertz CT molecular complexity index is 529. The lowest BCUT2D eigenvalue weighted by Gasteiger charge is -2.01. The van der Waals surface area contributed by atoms with Gasteiger partial charge in [0.05, 0.1) is 23.2 Å². The lowest BCUT2D eigenvalue weighted by atomic mass is 10.2. The molecule has 7 nitrogen and oxygen atoms in total. The monoisotopic (exact) mass is 311 g/mol. The highest BCUT2D eigenvalue weighted by atomic mass is 79.9. The number of benzene rings is 1. The van der Waals surface area contributed by atoms with Crippen molar-refractivity contribution >= 4 is 33.8 Å². The number of nitrogens with zero attached hydrogens (tertiary/aromatic N) is 3. The Morgan fingerprint density at radius 2 is 2.44 bits per heavy atom. The van der Waals surface area contributed by atoms with E-state index in [0.717, 1.165) is 6.54 Å². The lowest BCUT2D eigenvalue weighted by molar-refractivity contribution is -0.385. The van der Waals surface area contributed by atoms with Crippen LogP contribution in [0.15, 0.2) is 32.8 Å². The molecule has 1 aromatic carbocycles. The van der Waals surface area contributed by atoms with Crippen LogP contribution in [0.1, 0.15) is 5.56 Å². The van der Waals surface area contributed by atoms with E-state index < -0.39 is 4.92 Å². The first kappa shape index (κ1) is 12.5. The highest BCUT2D eigenvalue weighted by Crippen LogP contribution is 2.24. The quantitative estimate of drug-likeness (QED) is 0.499. The molecule has 0 atom stereocenters. The van der Waals surface area contributed by atoms with E-state index in [1.165, 1.54) is 12.3 Å². The molecule has 0 amide bonds. The molecule has 0 saturated carbocycles. The number of aliphatic imine (C=N–C) groups is 1. The van der Waals surface area contributed by atoms with Crippen molar-refractivity contribution in [1.29, 1.82) is 0 Å². The maximum Gasteiger partial charge on any atom is 0.279 e. The van der Waals surface area contributed by atoms with Crippen molar-refractivity contribution in [1.82, 2.24) is 10.7 Å². The van der Waals surface area contributed by atoms with Gasteiger partial charge >= 0.3 is 0 Å². The van der Waals surface area contributed by atoms with Gasteiger partial charge in [-0.3, -0.25) is 10.1 Å². The van der Waals surface area contributed by atoms with E-state index in [-0.39, 0.29) is 5.69 Å². The van der Waals surface area contributed by atoms with Crippen LogP contribution in [0, 0.1) is 10.1 Å². The highest BCUT2D eigenvalue weighted by molar-refractivity contribution is 9.10. The smallest absolute Gasteiger partial charge is 0.279 e. The van der Waals surface area contributed by atoms with Gasteiger partial charge in [0, 0.05) is 17.1 Å². The van der Waals surface area contributed by atoms with Crippen LogP contribution in [0.5, 0.6) is 0 Å². The Hall–Kier alpha value is -1.96. The molecule has 0 aliphatic carbocycles. The number of hydrazone groups is 1. The molecule has 0 bridgehead atoms. The van der Waals surface area contributed by atoms with E-state index in [1.54, 1.807) is 12.1 Å². The van der Waals surface area contributed by atoms with Crippen LogP contribution in [-0.4, -0.2) is 30.2 Å². The number of hydrogen-bond donors (Lipinski definition) is 2. The molecule has 0 radical (unpaired) electrons. The van der Waals surface area contributed by atoms with E-state index in [4.69, 9.17) is 0 Å². The van der Waals surface area contributed by atoms with Crippen molar-refractivity contribution in [2.75, 3.05) is 13.1 Å². The molecule has 1 aromatic rings. The first-order valence-corrected chi connectivity index (χ1v) is 5.98. The molecule has 0 aromatic heterocycles. The van der Waals surface area contributed by atoms with Gasteiger partial charge in [-0.1, -0.05) is 6.07 Å². The van der Waals surface area contributed by atoms with Gasteiger partial charge in [-0.15, -0.1) is 0 Å². The number of hydrogen-bond acceptors (Lipinski definition) is 6. The fraction of sp³-hybridized carbons (Fsp3) is 0.200. The summed E-state index contributed by atoms with van der Waals surface area (Å²) in [5.41, 5.74) is 3.10. The van der Waals surface area contributed by atoms with Crippen LogP contribution in [0.4, 0.5) is 5.69 Å². The minimum atomic E-state index is -0.447. The molecule has 1 heterocycles. The van der Waals surface area contributed by atoms with Crippen molar-refractivity contribution in [2.24, 2.45) is 10.1 Å². The van der Waals surface area contributed by atoms with Crippen molar-refractivity contribution in [3.05, 3.63) is 38.3 Å². The topological polar surface area (TPSA) is 91.9 Å². The van der Waals surface area contributed by atoms with Gasteiger partial charge in [-0.2, -0.15) is 5.10 Å². The first-order valence-electron chi connectivity index (χ1n) is 5.19. The summed E-state index contributed by atoms with van der Waals surface area (Å²) in [5.74, 6) is 0.570. The van der Waals surface area contributed by atoms with Gasteiger partial charge in [0.1, 0.15) is 0 Å². The lowest BCUT2D eigenvalue weighted by Crippen LogP contribution is -2.30. The number of rotatable bonds is 3. The molecule has 94 valence electrons. The summed E-state index contributed by atoms with van der Waals surface area (Å²) >= 11 is 3.26. The largest absolute Gasteiger partial charge is 0.353 e. The molecule has 2 rings (SSSR count). The van der Waals surface area contributed by atoms with E-state index in [0.29, 0.717) is 22.5 Å². The standard InChI is InChI=1S/C10H10BrN5O2/c11-8-2-1-3-9(16(17)18)7(8)6-14-15-10-12-4-5-13-10/h1-3,6H,4-5H2,(H2,12,13,15)/b14-6+. The minimum absolute atomic E-state index is 0.00348. The van der Waals surface area contributed by atoms with Crippen molar-refractivity contribution in [3.8, 4) is 0 Å². The van der Waals surface area contributed by atoms with Crippen LogP contribution >= 0.6 is 15.9 Å². The van der Waals surface area contributed by atoms with Crippen LogP contribution in [0.25, 0.3) is 0 Å². The molecule has 0 unspecified atom stereocenters. The Balaban J connectivity index is 2.17. The summed E-state index contributed by atoms with van der Waals surface area (Å²) in [7, 11) is 0. The van der Waals surface area contributed by atoms with E-state index in [1.807, 2.05) is 0 Å². The molecule has 0 saturated heterocycles. The summed E-state index contributed by atoms with van der Waals surface area (Å²) < 4.78 is 0.614. The average Bonchev–Trinajstić information content (AvgIpc) is 2.84. The molecular weight excluding hydrogens is 302 g/mol. The van der Waals surface area contributed by atoms with Crippen molar-refractivity contribution in [3.63, 3.8) is 0 Å². The fourth-order valence-corrected chi connectivity index (χ4v) is 1.90. The molecule has 1 aliphatic rings. The summed E-state index contributed by atoms with van der Waals surface area (Å²) in [6.07, 6.45) is 1.39. The SMILES string of the molecule is O=[N+]([O-])c1cccc(Br)c1/C=N/NC1=NCCN1. The Morgan fingerprint density at radius 3 is 3.11 bits per heavy atom. The maximum atomic E-state index is 10.9. The molecule has 0 fully saturated rings. The number of nitrogens with one attached hydrogen (secondary N) is 2. The van der Waals surface area contributed by atoms with Crippen LogP contribution in [0.2, 0.25) is 0 Å². The van der Waals surface area contributed by atoms with Gasteiger partial charge in [-0.25, -0.2) is 10.4 Å². The number of nitro groups is 1. The summed E-state index contributed by atoms with van der Waals surface area (Å²) in [6.45, 7) is 1.47. The third kappa shape index (κ3) is 2.83. The van der Waals surface area contributed by atoms with E-state index in [2.05, 4.69) is 36.8 Å². The number of halogens is 1. The van der Waals surface area contributed by atoms with Crippen LogP contribution < -0.4 is 10.7 Å². The van der Waals surface area contributed by atoms with Gasteiger partial charge in [-0.05, 0) is 22.0 Å². The summed E-state index contributed by atoms with van der Waals surface area (Å²) in [6, 6.07) is 4.76. The second-order valence-corrected chi connectivity index (χ2v) is 4.31. The van der Waals surface area contributed by atoms with Gasteiger partial charge in [0.25, 0.3) is 5.69 Å². The van der Waals surface area contributed by atoms with Crippen LogP contribution in [-0.2, 0) is 0 Å². The predicted octanol–water partition coefficient (Wildman–Crippen LogP) is 1.24. The maximum absolute atomic E-state index is 10.9. The zero-order chi connectivity index (χ0) is 13.0. The molecule has 18 heavy (non-hydrogen) atoms. The molecule has 2 N–H and O–H groups in total. The molecule has 1 aliphatic heterocycles. The zero-order valence-electron chi connectivity index (χ0n) is 9.26. The molecule has 8 heteroatoms.